The quantitative estimate of drug-likeness (QED) is 0.670. The second kappa shape index (κ2) is 7.38. The molecule has 26 heavy (non-hydrogen) atoms. The van der Waals surface area contributed by atoms with Crippen LogP contribution in [0.2, 0.25) is 5.02 Å². The van der Waals surface area contributed by atoms with Crippen LogP contribution in [0, 0.1) is 5.92 Å². The van der Waals surface area contributed by atoms with E-state index in [1.54, 1.807) is 12.1 Å². The van der Waals surface area contributed by atoms with Gasteiger partial charge in [0.15, 0.2) is 0 Å². The first-order chi connectivity index (χ1) is 12.7. The van der Waals surface area contributed by atoms with Crippen molar-refractivity contribution in [2.24, 2.45) is 5.92 Å². The minimum Gasteiger partial charge on any atom is -0.351 e. The predicted molar refractivity (Wildman–Crippen MR) is 106 cm³/mol. The molecule has 4 heteroatoms. The Hall–Kier alpha value is -2.52. The highest BCUT2D eigenvalue weighted by atomic mass is 35.5. The van der Waals surface area contributed by atoms with Crippen molar-refractivity contribution in [2.45, 2.75) is 25.3 Å². The highest BCUT2D eigenvalue weighted by Gasteiger charge is 2.34. The fourth-order valence-corrected chi connectivity index (χ4v) is 4.01. The number of amides is 1. The zero-order valence-corrected chi connectivity index (χ0v) is 15.2. The third-order valence-electron chi connectivity index (χ3n) is 5.11. The Morgan fingerprint density at radius 1 is 1.00 bits per heavy atom. The molecule has 0 fully saturated rings. The Kier molecular flexibility index (Phi) is 4.81. The van der Waals surface area contributed by atoms with Gasteiger partial charge < -0.3 is 9.88 Å². The Labute approximate surface area is 158 Å². The highest BCUT2D eigenvalue weighted by Crippen LogP contribution is 2.38. The van der Waals surface area contributed by atoms with Gasteiger partial charge in [0.25, 0.3) is 0 Å². The maximum atomic E-state index is 13.2. The van der Waals surface area contributed by atoms with Crippen LogP contribution in [0.15, 0.2) is 72.9 Å². The van der Waals surface area contributed by atoms with Crippen LogP contribution in [0.5, 0.6) is 0 Å². The molecule has 1 aromatic heterocycles. The summed E-state index contributed by atoms with van der Waals surface area (Å²) in [4.78, 5) is 13.2. The zero-order valence-electron chi connectivity index (χ0n) is 14.4. The van der Waals surface area contributed by atoms with Crippen LogP contribution in [-0.2, 0) is 11.3 Å². The van der Waals surface area contributed by atoms with Crippen LogP contribution in [0.3, 0.4) is 0 Å². The van der Waals surface area contributed by atoms with E-state index in [1.807, 2.05) is 30.3 Å². The molecule has 0 saturated heterocycles. The van der Waals surface area contributed by atoms with Crippen LogP contribution in [0.1, 0.15) is 30.0 Å². The lowest BCUT2D eigenvalue weighted by Gasteiger charge is -2.25. The lowest BCUT2D eigenvalue weighted by Crippen LogP contribution is -2.28. The average Bonchev–Trinajstić information content (AvgIpc) is 3.04. The van der Waals surface area contributed by atoms with E-state index in [4.69, 9.17) is 11.6 Å². The van der Waals surface area contributed by atoms with Gasteiger partial charge in [0, 0.05) is 35.1 Å². The fraction of sp³-hybridized carbons (Fsp3) is 0.227. The molecule has 0 saturated carbocycles. The first-order valence-corrected chi connectivity index (χ1v) is 9.36. The molecule has 1 aliphatic heterocycles. The van der Waals surface area contributed by atoms with E-state index in [0.29, 0.717) is 5.02 Å². The van der Waals surface area contributed by atoms with Crippen molar-refractivity contribution in [3.05, 3.63) is 89.2 Å². The fourth-order valence-electron chi connectivity index (χ4n) is 3.88. The summed E-state index contributed by atoms with van der Waals surface area (Å²) in [5.41, 5.74) is 3.18. The van der Waals surface area contributed by atoms with Gasteiger partial charge in [0.2, 0.25) is 5.91 Å². The number of hydrogen-bond acceptors (Lipinski definition) is 1. The summed E-state index contributed by atoms with van der Waals surface area (Å²) in [6.45, 7) is 0.955. The van der Waals surface area contributed by atoms with Crippen molar-refractivity contribution in [1.82, 2.24) is 4.57 Å². The Balaban J connectivity index is 1.68. The standard InChI is InChI=1S/C22H21ClN2O/c23-17-10-12-18(13-11-17)24-22(26)19-8-4-14-25-15-5-9-20(25)21(19)16-6-2-1-3-7-16/h1-3,5-7,9-13,15,19,21H,4,8,14H2,(H,24,26)/t19-,21+/m0/s1. The third kappa shape index (κ3) is 3.40. The van der Waals surface area contributed by atoms with Crippen molar-refractivity contribution in [1.29, 1.82) is 0 Å². The minimum absolute atomic E-state index is 0.0565. The number of nitrogens with zero attached hydrogens (tertiary/aromatic N) is 1. The van der Waals surface area contributed by atoms with E-state index in [1.165, 1.54) is 11.3 Å². The van der Waals surface area contributed by atoms with Gasteiger partial charge in [-0.25, -0.2) is 0 Å². The number of halogens is 1. The normalized spacial score (nSPS) is 19.4. The van der Waals surface area contributed by atoms with Gasteiger partial charge in [-0.3, -0.25) is 4.79 Å². The molecule has 0 aliphatic carbocycles. The third-order valence-corrected chi connectivity index (χ3v) is 5.36. The van der Waals surface area contributed by atoms with Crippen molar-refractivity contribution in [2.75, 3.05) is 5.32 Å². The highest BCUT2D eigenvalue weighted by molar-refractivity contribution is 6.30. The second-order valence-electron chi connectivity index (χ2n) is 6.76. The molecule has 2 heterocycles. The van der Waals surface area contributed by atoms with E-state index in [9.17, 15) is 4.79 Å². The molecule has 2 atom stereocenters. The number of aromatic nitrogens is 1. The monoisotopic (exact) mass is 364 g/mol. The van der Waals surface area contributed by atoms with Crippen molar-refractivity contribution in [3.8, 4) is 0 Å². The molecule has 3 nitrogen and oxygen atoms in total. The Morgan fingerprint density at radius 2 is 1.77 bits per heavy atom. The number of nitrogens with one attached hydrogen (secondary N) is 1. The summed E-state index contributed by atoms with van der Waals surface area (Å²) in [7, 11) is 0. The molecule has 0 bridgehead atoms. The second-order valence-corrected chi connectivity index (χ2v) is 7.20. The smallest absolute Gasteiger partial charge is 0.228 e. The number of anilines is 1. The first kappa shape index (κ1) is 16.9. The van der Waals surface area contributed by atoms with E-state index in [-0.39, 0.29) is 17.7 Å². The number of aryl methyl sites for hydroxylation is 1. The minimum atomic E-state index is -0.107. The number of fused-ring (bicyclic) bond motifs is 1. The topological polar surface area (TPSA) is 34.0 Å². The van der Waals surface area contributed by atoms with E-state index in [0.717, 1.165) is 25.1 Å². The number of benzene rings is 2. The van der Waals surface area contributed by atoms with Gasteiger partial charge in [-0.05, 0) is 54.8 Å². The summed E-state index contributed by atoms with van der Waals surface area (Å²) in [5.74, 6) is 0.0149. The maximum Gasteiger partial charge on any atom is 0.228 e. The lowest BCUT2D eigenvalue weighted by molar-refractivity contribution is -0.120. The molecule has 3 aromatic rings. The average molecular weight is 365 g/mol. The molecule has 2 aromatic carbocycles. The lowest BCUT2D eigenvalue weighted by atomic mass is 9.81. The van der Waals surface area contributed by atoms with Crippen LogP contribution >= 0.6 is 11.6 Å². The molecule has 0 spiro atoms. The number of carbonyl (C=O) groups excluding carboxylic acids is 1. The molecule has 4 rings (SSSR count). The molecular formula is C22H21ClN2O. The van der Waals surface area contributed by atoms with E-state index >= 15 is 0 Å². The number of hydrogen-bond donors (Lipinski definition) is 1. The van der Waals surface area contributed by atoms with Gasteiger partial charge in [-0.2, -0.15) is 0 Å². The summed E-state index contributed by atoms with van der Waals surface area (Å²) in [6.07, 6.45) is 3.97. The predicted octanol–water partition coefficient (Wildman–Crippen LogP) is 5.32. The largest absolute Gasteiger partial charge is 0.351 e. The maximum absolute atomic E-state index is 13.2. The Bertz CT molecular complexity index is 886. The van der Waals surface area contributed by atoms with Gasteiger partial charge in [0.05, 0.1) is 5.92 Å². The van der Waals surface area contributed by atoms with Gasteiger partial charge >= 0.3 is 0 Å². The first-order valence-electron chi connectivity index (χ1n) is 8.99. The molecule has 1 aliphatic rings. The van der Waals surface area contributed by atoms with E-state index < -0.39 is 0 Å². The zero-order chi connectivity index (χ0) is 17.9. The summed E-state index contributed by atoms with van der Waals surface area (Å²) < 4.78 is 2.28. The van der Waals surface area contributed by atoms with Crippen molar-refractivity contribution in [3.63, 3.8) is 0 Å². The van der Waals surface area contributed by atoms with Crippen molar-refractivity contribution < 1.29 is 4.79 Å². The molecule has 132 valence electrons. The van der Waals surface area contributed by atoms with Gasteiger partial charge in [-0.15, -0.1) is 0 Å². The van der Waals surface area contributed by atoms with Crippen LogP contribution in [-0.4, -0.2) is 10.5 Å². The number of carbonyl (C=O) groups is 1. The van der Waals surface area contributed by atoms with Crippen molar-refractivity contribution >= 4 is 23.2 Å². The summed E-state index contributed by atoms with van der Waals surface area (Å²) in [5, 5.41) is 3.75. The van der Waals surface area contributed by atoms with Crippen LogP contribution in [0.25, 0.3) is 0 Å². The van der Waals surface area contributed by atoms with Crippen LogP contribution < -0.4 is 5.32 Å². The van der Waals surface area contributed by atoms with E-state index in [2.05, 4.69) is 40.3 Å². The molecule has 0 radical (unpaired) electrons. The molecule has 1 amide bonds. The molecule has 1 N–H and O–H groups in total. The summed E-state index contributed by atoms with van der Waals surface area (Å²) >= 11 is 5.95. The van der Waals surface area contributed by atoms with Gasteiger partial charge in [0.1, 0.15) is 0 Å². The van der Waals surface area contributed by atoms with Crippen LogP contribution in [0.4, 0.5) is 5.69 Å². The Morgan fingerprint density at radius 3 is 2.54 bits per heavy atom. The number of rotatable bonds is 3. The summed E-state index contributed by atoms with van der Waals surface area (Å²) in [6, 6.07) is 21.8. The van der Waals surface area contributed by atoms with Gasteiger partial charge in [-0.1, -0.05) is 41.9 Å². The molecule has 0 unspecified atom stereocenters. The SMILES string of the molecule is O=C(Nc1ccc(Cl)cc1)[C@H]1CCCn2cccc2[C@@H]1c1ccccc1. The molecular weight excluding hydrogens is 344 g/mol.